The van der Waals surface area contributed by atoms with Gasteiger partial charge >= 0.3 is 0 Å². The van der Waals surface area contributed by atoms with E-state index < -0.39 is 0 Å². The van der Waals surface area contributed by atoms with Crippen molar-refractivity contribution in [2.45, 2.75) is 32.2 Å². The van der Waals surface area contributed by atoms with Crippen LogP contribution in [-0.4, -0.2) is 25.7 Å². The molecule has 0 amide bonds. The minimum atomic E-state index is 0.362. The Balaban J connectivity index is 2.25. The molecular weight excluding hydrogens is 226 g/mol. The second kappa shape index (κ2) is 5.76. The van der Waals surface area contributed by atoms with Crippen LogP contribution in [0.25, 0.3) is 0 Å². The van der Waals surface area contributed by atoms with Gasteiger partial charge in [-0.15, -0.1) is 0 Å². The molecule has 1 heterocycles. The van der Waals surface area contributed by atoms with E-state index in [9.17, 15) is 0 Å². The first kappa shape index (κ1) is 12.7. The van der Waals surface area contributed by atoms with Gasteiger partial charge in [0.1, 0.15) is 5.75 Å². The van der Waals surface area contributed by atoms with Gasteiger partial charge in [-0.05, 0) is 18.6 Å². The third-order valence-electron chi connectivity index (χ3n) is 3.31. The summed E-state index contributed by atoms with van der Waals surface area (Å²) >= 11 is 0. The lowest BCUT2D eigenvalue weighted by Gasteiger charge is -2.27. The van der Waals surface area contributed by atoms with Crippen LogP contribution in [0.4, 0.5) is 5.69 Å². The molecule has 0 radical (unpaired) electrons. The van der Waals surface area contributed by atoms with E-state index in [1.807, 2.05) is 24.3 Å². The Bertz CT molecular complexity index is 431. The highest BCUT2D eigenvalue weighted by molar-refractivity contribution is 5.98. The number of ether oxygens (including phenoxy) is 1. The molecule has 0 saturated carbocycles. The van der Waals surface area contributed by atoms with Crippen molar-refractivity contribution in [2.24, 2.45) is 10.7 Å². The van der Waals surface area contributed by atoms with E-state index in [-0.39, 0.29) is 0 Å². The molecule has 1 unspecified atom stereocenters. The molecule has 1 aromatic carbocycles. The van der Waals surface area contributed by atoms with Gasteiger partial charge in [0.25, 0.3) is 0 Å². The number of aliphatic imine (C=N–C) groups is 1. The SMILES string of the molecule is CCCCC1CN=C(N)N1c1ccccc1OC. The number of nitrogens with two attached hydrogens (primary N) is 1. The summed E-state index contributed by atoms with van der Waals surface area (Å²) in [5.41, 5.74) is 7.03. The Kier molecular flexibility index (Phi) is 4.07. The highest BCUT2D eigenvalue weighted by Gasteiger charge is 2.28. The second-order valence-electron chi connectivity index (χ2n) is 4.54. The van der Waals surface area contributed by atoms with E-state index in [0.717, 1.165) is 24.4 Å². The molecule has 0 bridgehead atoms. The van der Waals surface area contributed by atoms with Gasteiger partial charge < -0.3 is 15.4 Å². The molecule has 98 valence electrons. The van der Waals surface area contributed by atoms with E-state index in [4.69, 9.17) is 10.5 Å². The predicted octanol–water partition coefficient (Wildman–Crippen LogP) is 2.39. The number of unbranched alkanes of at least 4 members (excludes halogenated alkanes) is 1. The maximum absolute atomic E-state index is 6.02. The summed E-state index contributed by atoms with van der Waals surface area (Å²) in [6.45, 7) is 2.98. The van der Waals surface area contributed by atoms with Crippen molar-refractivity contribution in [1.82, 2.24) is 0 Å². The van der Waals surface area contributed by atoms with Crippen LogP contribution in [0.1, 0.15) is 26.2 Å². The van der Waals surface area contributed by atoms with Gasteiger partial charge in [-0.2, -0.15) is 0 Å². The third-order valence-corrected chi connectivity index (χ3v) is 3.31. The second-order valence-corrected chi connectivity index (χ2v) is 4.54. The molecule has 0 fully saturated rings. The molecule has 4 nitrogen and oxygen atoms in total. The molecule has 1 atom stereocenters. The van der Waals surface area contributed by atoms with Gasteiger partial charge in [-0.25, -0.2) is 0 Å². The number of guanidine groups is 1. The van der Waals surface area contributed by atoms with E-state index in [1.54, 1.807) is 7.11 Å². The van der Waals surface area contributed by atoms with E-state index in [1.165, 1.54) is 12.8 Å². The van der Waals surface area contributed by atoms with Crippen molar-refractivity contribution in [3.8, 4) is 5.75 Å². The van der Waals surface area contributed by atoms with Crippen molar-refractivity contribution in [2.75, 3.05) is 18.6 Å². The molecule has 1 aromatic rings. The van der Waals surface area contributed by atoms with Crippen molar-refractivity contribution >= 4 is 11.6 Å². The summed E-state index contributed by atoms with van der Waals surface area (Å²) < 4.78 is 5.41. The topological polar surface area (TPSA) is 50.8 Å². The fourth-order valence-electron chi connectivity index (χ4n) is 2.35. The summed E-state index contributed by atoms with van der Waals surface area (Å²) in [6, 6.07) is 8.32. The Hall–Kier alpha value is -1.71. The molecule has 1 aliphatic rings. The number of hydrogen-bond acceptors (Lipinski definition) is 4. The highest BCUT2D eigenvalue weighted by Crippen LogP contribution is 2.32. The Labute approximate surface area is 108 Å². The number of hydrogen-bond donors (Lipinski definition) is 1. The van der Waals surface area contributed by atoms with E-state index in [2.05, 4.69) is 16.8 Å². The fourth-order valence-corrected chi connectivity index (χ4v) is 2.35. The van der Waals surface area contributed by atoms with Crippen LogP contribution in [0.2, 0.25) is 0 Å². The summed E-state index contributed by atoms with van der Waals surface area (Å²) in [6.07, 6.45) is 3.49. The summed E-state index contributed by atoms with van der Waals surface area (Å²) in [7, 11) is 1.68. The van der Waals surface area contributed by atoms with Crippen LogP contribution in [0, 0.1) is 0 Å². The first-order chi connectivity index (χ1) is 8.77. The third kappa shape index (κ3) is 2.42. The number of methoxy groups -OCH3 is 1. The molecule has 0 aromatic heterocycles. The normalized spacial score (nSPS) is 18.9. The first-order valence-electron chi connectivity index (χ1n) is 6.50. The standard InChI is InChI=1S/C14H21N3O/c1-3-4-7-11-10-16-14(15)17(11)12-8-5-6-9-13(12)18-2/h5-6,8-9,11H,3-4,7,10H2,1-2H3,(H2,15,16). The van der Waals surface area contributed by atoms with Gasteiger partial charge in [0.2, 0.25) is 0 Å². The zero-order chi connectivity index (χ0) is 13.0. The number of benzene rings is 1. The van der Waals surface area contributed by atoms with Crippen LogP contribution in [0.15, 0.2) is 29.3 Å². The van der Waals surface area contributed by atoms with Crippen molar-refractivity contribution in [3.05, 3.63) is 24.3 Å². The number of nitrogens with zero attached hydrogens (tertiary/aromatic N) is 2. The summed E-state index contributed by atoms with van der Waals surface area (Å²) in [4.78, 5) is 6.47. The largest absolute Gasteiger partial charge is 0.495 e. The lowest BCUT2D eigenvalue weighted by molar-refractivity contribution is 0.414. The van der Waals surface area contributed by atoms with Gasteiger partial charge in [0.15, 0.2) is 5.96 Å². The first-order valence-corrected chi connectivity index (χ1v) is 6.50. The van der Waals surface area contributed by atoms with Crippen molar-refractivity contribution < 1.29 is 4.74 Å². The maximum atomic E-state index is 6.02. The Morgan fingerprint density at radius 3 is 2.94 bits per heavy atom. The quantitative estimate of drug-likeness (QED) is 0.869. The summed E-state index contributed by atoms with van der Waals surface area (Å²) in [5.74, 6) is 1.44. The molecular formula is C14H21N3O. The zero-order valence-electron chi connectivity index (χ0n) is 11.1. The Morgan fingerprint density at radius 1 is 1.44 bits per heavy atom. The molecule has 0 aliphatic carbocycles. The smallest absolute Gasteiger partial charge is 0.196 e. The van der Waals surface area contributed by atoms with E-state index >= 15 is 0 Å². The van der Waals surface area contributed by atoms with Gasteiger partial charge in [-0.3, -0.25) is 4.99 Å². The lowest BCUT2D eigenvalue weighted by atomic mass is 10.1. The van der Waals surface area contributed by atoms with Crippen LogP contribution in [0.5, 0.6) is 5.75 Å². The number of rotatable bonds is 5. The molecule has 2 rings (SSSR count). The lowest BCUT2D eigenvalue weighted by Crippen LogP contribution is -2.41. The maximum Gasteiger partial charge on any atom is 0.196 e. The zero-order valence-corrected chi connectivity index (χ0v) is 11.1. The van der Waals surface area contributed by atoms with E-state index in [0.29, 0.717) is 12.0 Å². The minimum absolute atomic E-state index is 0.362. The number of para-hydroxylation sites is 2. The van der Waals surface area contributed by atoms with Crippen LogP contribution >= 0.6 is 0 Å². The van der Waals surface area contributed by atoms with Crippen LogP contribution in [-0.2, 0) is 0 Å². The van der Waals surface area contributed by atoms with Gasteiger partial charge in [0, 0.05) is 0 Å². The average Bonchev–Trinajstić information content (AvgIpc) is 2.77. The minimum Gasteiger partial charge on any atom is -0.495 e. The monoisotopic (exact) mass is 247 g/mol. The molecule has 4 heteroatoms. The van der Waals surface area contributed by atoms with Crippen LogP contribution in [0.3, 0.4) is 0 Å². The number of anilines is 1. The van der Waals surface area contributed by atoms with Gasteiger partial charge in [0.05, 0.1) is 25.4 Å². The fraction of sp³-hybridized carbons (Fsp3) is 0.500. The molecule has 1 aliphatic heterocycles. The van der Waals surface area contributed by atoms with Crippen molar-refractivity contribution in [3.63, 3.8) is 0 Å². The van der Waals surface area contributed by atoms with Gasteiger partial charge in [-0.1, -0.05) is 31.9 Å². The predicted molar refractivity (Wildman–Crippen MR) is 75.3 cm³/mol. The molecule has 2 N–H and O–H groups in total. The molecule has 0 spiro atoms. The Morgan fingerprint density at radius 2 is 2.22 bits per heavy atom. The highest BCUT2D eigenvalue weighted by atomic mass is 16.5. The van der Waals surface area contributed by atoms with Crippen LogP contribution < -0.4 is 15.4 Å². The average molecular weight is 247 g/mol. The molecule has 18 heavy (non-hydrogen) atoms. The molecule has 0 saturated heterocycles. The summed E-state index contributed by atoms with van der Waals surface area (Å²) in [5, 5.41) is 0. The van der Waals surface area contributed by atoms with Crippen molar-refractivity contribution in [1.29, 1.82) is 0 Å².